The number of phenols is 1. The van der Waals surface area contributed by atoms with Crippen LogP contribution >= 0.6 is 23.5 Å². The van der Waals surface area contributed by atoms with Gasteiger partial charge in [-0.25, -0.2) is 4.79 Å². The molecular formula is C18H18N6O5S2. The van der Waals surface area contributed by atoms with Crippen molar-refractivity contribution in [2.24, 2.45) is 5.73 Å². The van der Waals surface area contributed by atoms with E-state index in [4.69, 9.17) is 5.73 Å². The Bertz CT molecular complexity index is 1040. The van der Waals surface area contributed by atoms with E-state index >= 15 is 0 Å². The Hall–Kier alpha value is -3.03. The van der Waals surface area contributed by atoms with Crippen molar-refractivity contribution in [3.05, 3.63) is 47.3 Å². The summed E-state index contributed by atoms with van der Waals surface area (Å²) in [5, 5.41) is 31.9. The van der Waals surface area contributed by atoms with Gasteiger partial charge in [0, 0.05) is 11.5 Å². The molecule has 1 fully saturated rings. The van der Waals surface area contributed by atoms with Gasteiger partial charge in [0.15, 0.2) is 0 Å². The highest BCUT2D eigenvalue weighted by Crippen LogP contribution is 2.41. The number of nitrogens with two attached hydrogens (primary N) is 1. The molecule has 0 unspecified atom stereocenters. The predicted molar refractivity (Wildman–Crippen MR) is 112 cm³/mol. The van der Waals surface area contributed by atoms with E-state index in [0.29, 0.717) is 27.7 Å². The molecule has 11 nitrogen and oxygen atoms in total. The van der Waals surface area contributed by atoms with Gasteiger partial charge in [0.2, 0.25) is 5.91 Å². The number of rotatable bonds is 7. The number of carboxylic acid groups (broad SMARTS) is 1. The van der Waals surface area contributed by atoms with Crippen molar-refractivity contribution in [3.63, 3.8) is 0 Å². The maximum atomic E-state index is 12.7. The van der Waals surface area contributed by atoms with Crippen LogP contribution in [0.2, 0.25) is 0 Å². The Balaban J connectivity index is 1.45. The minimum Gasteiger partial charge on any atom is -0.508 e. The SMILES string of the molecule is N[C@H](C(=O)N[C@H]1C(=O)N2C(C(=O)O)=C(CSc3cn[nH]n3)CS[C@H]12)c1ccc(O)cc1. The van der Waals surface area contributed by atoms with Gasteiger partial charge in [-0.2, -0.15) is 10.3 Å². The van der Waals surface area contributed by atoms with Crippen LogP contribution < -0.4 is 11.1 Å². The van der Waals surface area contributed by atoms with Crippen molar-refractivity contribution < 1.29 is 24.6 Å². The van der Waals surface area contributed by atoms with Gasteiger partial charge in [-0.05, 0) is 23.3 Å². The molecule has 0 bridgehead atoms. The summed E-state index contributed by atoms with van der Waals surface area (Å²) in [6.07, 6.45) is 1.53. The average molecular weight is 463 g/mol. The third-order valence-electron chi connectivity index (χ3n) is 4.87. The van der Waals surface area contributed by atoms with Crippen LogP contribution in [0, 0.1) is 0 Å². The van der Waals surface area contributed by atoms with E-state index in [1.54, 1.807) is 0 Å². The lowest BCUT2D eigenvalue weighted by molar-refractivity contribution is -0.150. The third-order valence-corrected chi connectivity index (χ3v) is 7.19. The first-order chi connectivity index (χ1) is 14.9. The van der Waals surface area contributed by atoms with Crippen LogP contribution in [0.1, 0.15) is 11.6 Å². The van der Waals surface area contributed by atoms with Crippen molar-refractivity contribution in [2.75, 3.05) is 11.5 Å². The molecule has 13 heteroatoms. The van der Waals surface area contributed by atoms with E-state index < -0.39 is 35.2 Å². The summed E-state index contributed by atoms with van der Waals surface area (Å²) in [6, 6.07) is 3.98. The molecule has 0 radical (unpaired) electrons. The van der Waals surface area contributed by atoms with Gasteiger partial charge in [0.25, 0.3) is 5.91 Å². The zero-order chi connectivity index (χ0) is 22.1. The number of benzene rings is 1. The number of β-lactam (4-membered cyclic amide) rings is 1. The van der Waals surface area contributed by atoms with Crippen LogP contribution in [0.4, 0.5) is 0 Å². The minimum atomic E-state index is -1.19. The van der Waals surface area contributed by atoms with Crippen LogP contribution in [0.5, 0.6) is 5.75 Å². The minimum absolute atomic E-state index is 0.0466. The molecule has 1 aromatic carbocycles. The topological polar surface area (TPSA) is 175 Å². The van der Waals surface area contributed by atoms with Crippen LogP contribution in [0.25, 0.3) is 0 Å². The number of H-pyrrole nitrogens is 1. The smallest absolute Gasteiger partial charge is 0.352 e. The molecule has 31 heavy (non-hydrogen) atoms. The summed E-state index contributed by atoms with van der Waals surface area (Å²) >= 11 is 2.70. The summed E-state index contributed by atoms with van der Waals surface area (Å²) in [4.78, 5) is 38.4. The van der Waals surface area contributed by atoms with E-state index in [1.165, 1.54) is 58.9 Å². The number of aliphatic carboxylic acids is 1. The normalized spacial score (nSPS) is 21.3. The molecule has 1 saturated heterocycles. The van der Waals surface area contributed by atoms with Crippen molar-refractivity contribution in [3.8, 4) is 5.75 Å². The number of amides is 2. The van der Waals surface area contributed by atoms with Crippen LogP contribution in [-0.4, -0.2) is 71.2 Å². The summed E-state index contributed by atoms with van der Waals surface area (Å²) in [5.74, 6) is -1.45. The molecule has 2 aliphatic heterocycles. The number of carbonyl (C=O) groups excluding carboxylic acids is 2. The fourth-order valence-electron chi connectivity index (χ4n) is 3.29. The number of carboxylic acids is 1. The van der Waals surface area contributed by atoms with Gasteiger partial charge in [-0.1, -0.05) is 23.9 Å². The number of nitrogens with one attached hydrogen (secondary N) is 2. The Morgan fingerprint density at radius 3 is 2.77 bits per heavy atom. The Kier molecular flexibility index (Phi) is 5.89. The van der Waals surface area contributed by atoms with Crippen LogP contribution in [-0.2, 0) is 14.4 Å². The van der Waals surface area contributed by atoms with Crippen LogP contribution in [0.3, 0.4) is 0 Å². The molecule has 6 N–H and O–H groups in total. The number of fused-ring (bicyclic) bond motifs is 1. The Morgan fingerprint density at radius 2 is 2.13 bits per heavy atom. The molecule has 2 aliphatic rings. The first-order valence-electron chi connectivity index (χ1n) is 9.10. The molecule has 2 aromatic rings. The number of nitrogens with zero attached hydrogens (tertiary/aromatic N) is 3. The van der Waals surface area contributed by atoms with Gasteiger partial charge in [-0.15, -0.1) is 16.9 Å². The number of thioether (sulfide) groups is 2. The van der Waals surface area contributed by atoms with Gasteiger partial charge in [0.1, 0.15) is 33.9 Å². The fraction of sp³-hybridized carbons (Fsp3) is 0.278. The number of aromatic amines is 1. The maximum absolute atomic E-state index is 12.7. The number of carbonyl (C=O) groups is 3. The maximum Gasteiger partial charge on any atom is 0.352 e. The Morgan fingerprint density at radius 1 is 1.39 bits per heavy atom. The van der Waals surface area contributed by atoms with Crippen molar-refractivity contribution in [1.82, 2.24) is 25.6 Å². The molecular weight excluding hydrogens is 444 g/mol. The van der Waals surface area contributed by atoms with E-state index in [-0.39, 0.29) is 11.4 Å². The number of phenolic OH excluding ortho intramolecular Hbond substituents is 1. The monoisotopic (exact) mass is 462 g/mol. The number of hydrogen-bond donors (Lipinski definition) is 5. The molecule has 3 atom stereocenters. The summed E-state index contributed by atoms with van der Waals surface area (Å²) in [6.45, 7) is 0. The average Bonchev–Trinajstić information content (AvgIpc) is 3.28. The third kappa shape index (κ3) is 4.11. The Labute approximate surface area is 184 Å². The summed E-state index contributed by atoms with van der Waals surface area (Å²) in [7, 11) is 0. The second-order valence-corrected chi connectivity index (χ2v) is 8.92. The van der Waals surface area contributed by atoms with E-state index in [2.05, 4.69) is 20.7 Å². The first-order valence-corrected chi connectivity index (χ1v) is 11.1. The van der Waals surface area contributed by atoms with Crippen molar-refractivity contribution in [2.45, 2.75) is 22.5 Å². The first kappa shape index (κ1) is 21.2. The number of hydrogen-bond acceptors (Lipinski definition) is 9. The fourth-order valence-corrected chi connectivity index (χ4v) is 5.56. The van der Waals surface area contributed by atoms with Crippen molar-refractivity contribution >= 4 is 41.3 Å². The van der Waals surface area contributed by atoms with Crippen molar-refractivity contribution in [1.29, 1.82) is 0 Å². The molecule has 1 aromatic heterocycles. The summed E-state index contributed by atoms with van der Waals surface area (Å²) in [5.41, 5.74) is 6.99. The largest absolute Gasteiger partial charge is 0.508 e. The molecule has 3 heterocycles. The van der Waals surface area contributed by atoms with E-state index in [0.717, 1.165) is 0 Å². The molecule has 4 rings (SSSR count). The highest BCUT2D eigenvalue weighted by atomic mass is 32.2. The lowest BCUT2D eigenvalue weighted by Gasteiger charge is -2.49. The van der Waals surface area contributed by atoms with Crippen LogP contribution in [0.15, 0.2) is 46.8 Å². The standard InChI is InChI=1S/C18H18N6O5S2/c19-12(8-1-3-10(25)4-2-8)15(26)21-13-16(27)24-14(18(28)29)9(7-31-17(13)24)6-30-11-5-20-23-22-11/h1-5,12-13,17,25H,6-7,19H2,(H,21,26)(H,28,29)(H,20,22,23)/t12-,13-,17+/m0/s1. The van der Waals surface area contributed by atoms with E-state index in [9.17, 15) is 24.6 Å². The molecule has 2 amide bonds. The highest BCUT2D eigenvalue weighted by Gasteiger charge is 2.54. The second-order valence-electron chi connectivity index (χ2n) is 6.82. The zero-order valence-corrected chi connectivity index (χ0v) is 17.5. The molecule has 0 saturated carbocycles. The number of aromatic hydroxyl groups is 1. The molecule has 0 aliphatic carbocycles. The highest BCUT2D eigenvalue weighted by molar-refractivity contribution is 8.01. The molecule has 0 spiro atoms. The van der Waals surface area contributed by atoms with Gasteiger partial charge < -0.3 is 21.3 Å². The lowest BCUT2D eigenvalue weighted by atomic mass is 10.0. The molecule has 162 valence electrons. The summed E-state index contributed by atoms with van der Waals surface area (Å²) < 4.78 is 0. The van der Waals surface area contributed by atoms with Gasteiger partial charge in [-0.3, -0.25) is 14.5 Å². The predicted octanol–water partition coefficient (Wildman–Crippen LogP) is 0.0410. The second kappa shape index (κ2) is 8.61. The number of aromatic nitrogens is 3. The van der Waals surface area contributed by atoms with E-state index in [1.807, 2.05) is 0 Å². The lowest BCUT2D eigenvalue weighted by Crippen LogP contribution is -2.71. The van der Waals surface area contributed by atoms with Gasteiger partial charge in [0.05, 0.1) is 6.20 Å². The zero-order valence-electron chi connectivity index (χ0n) is 15.9. The van der Waals surface area contributed by atoms with Gasteiger partial charge >= 0.3 is 5.97 Å². The quantitative estimate of drug-likeness (QED) is 0.279.